The highest BCUT2D eigenvalue weighted by Crippen LogP contribution is 2.15. The molecule has 3 rings (SSSR count). The molecular formula is C16H23N7O3. The summed E-state index contributed by atoms with van der Waals surface area (Å²) in [5.74, 6) is 1.97. The minimum atomic E-state index is -0.494. The number of aryl methyl sites for hydroxylation is 2. The van der Waals surface area contributed by atoms with Crippen molar-refractivity contribution in [1.29, 1.82) is 0 Å². The lowest BCUT2D eigenvalue weighted by atomic mass is 10.1. The van der Waals surface area contributed by atoms with Crippen molar-refractivity contribution in [1.82, 2.24) is 36.2 Å². The molecule has 2 amide bonds. The zero-order chi connectivity index (χ0) is 18.4. The molecular weight excluding hydrogens is 338 g/mol. The van der Waals surface area contributed by atoms with Gasteiger partial charge in [0.2, 0.25) is 11.8 Å². The van der Waals surface area contributed by atoms with Crippen molar-refractivity contribution in [2.45, 2.75) is 38.8 Å². The van der Waals surface area contributed by atoms with Crippen LogP contribution in [0, 0.1) is 6.92 Å². The summed E-state index contributed by atoms with van der Waals surface area (Å²) in [6.45, 7) is 4.14. The Bertz CT molecular complexity index is 728. The summed E-state index contributed by atoms with van der Waals surface area (Å²) in [5, 5.41) is 19.3. The molecule has 0 aliphatic carbocycles. The first-order chi connectivity index (χ1) is 12.6. The molecule has 2 aromatic rings. The maximum Gasteiger partial charge on any atom is 0.237 e. The average Bonchev–Trinajstić information content (AvgIpc) is 3.27. The van der Waals surface area contributed by atoms with Crippen molar-refractivity contribution >= 4 is 11.8 Å². The number of nitrogens with zero attached hydrogens (tertiary/aromatic N) is 4. The van der Waals surface area contributed by atoms with Crippen LogP contribution in [0.5, 0.6) is 0 Å². The van der Waals surface area contributed by atoms with Gasteiger partial charge in [-0.25, -0.2) is 0 Å². The van der Waals surface area contributed by atoms with E-state index in [0.29, 0.717) is 44.8 Å². The third-order valence-corrected chi connectivity index (χ3v) is 4.26. The van der Waals surface area contributed by atoms with Gasteiger partial charge in [-0.2, -0.15) is 5.21 Å². The first kappa shape index (κ1) is 18.1. The number of carbonyl (C=O) groups excluding carboxylic acids is 2. The summed E-state index contributed by atoms with van der Waals surface area (Å²) in [6.07, 6.45) is 1.45. The summed E-state index contributed by atoms with van der Waals surface area (Å²) >= 11 is 0. The van der Waals surface area contributed by atoms with Crippen LogP contribution in [-0.2, 0) is 22.6 Å². The second-order valence-corrected chi connectivity index (χ2v) is 6.28. The second-order valence-electron chi connectivity index (χ2n) is 6.28. The van der Waals surface area contributed by atoms with Crippen molar-refractivity contribution in [2.75, 3.05) is 19.6 Å². The lowest BCUT2D eigenvalue weighted by Crippen LogP contribution is -2.56. The number of nitrogens with one attached hydrogen (secondary N) is 3. The van der Waals surface area contributed by atoms with Crippen molar-refractivity contribution in [3.8, 4) is 0 Å². The Balaban J connectivity index is 1.47. The fourth-order valence-electron chi connectivity index (χ4n) is 2.95. The number of aromatic amines is 1. The molecule has 0 bridgehead atoms. The molecule has 1 saturated heterocycles. The van der Waals surface area contributed by atoms with Crippen LogP contribution < -0.4 is 10.6 Å². The summed E-state index contributed by atoms with van der Waals surface area (Å²) < 4.78 is 5.60. The van der Waals surface area contributed by atoms with Gasteiger partial charge in [-0.05, 0) is 25.5 Å². The molecule has 0 radical (unpaired) electrons. The molecule has 0 aromatic carbocycles. The number of hydrogen-bond donors (Lipinski definition) is 3. The molecule has 1 atom stereocenters. The molecule has 1 aliphatic heterocycles. The first-order valence-corrected chi connectivity index (χ1v) is 8.68. The smallest absolute Gasteiger partial charge is 0.237 e. The number of H-pyrrole nitrogens is 1. The van der Waals surface area contributed by atoms with Crippen LogP contribution in [0.25, 0.3) is 0 Å². The first-order valence-electron chi connectivity index (χ1n) is 8.68. The van der Waals surface area contributed by atoms with Crippen molar-refractivity contribution in [3.05, 3.63) is 29.5 Å². The van der Waals surface area contributed by atoms with Crippen LogP contribution in [0.1, 0.15) is 30.2 Å². The van der Waals surface area contributed by atoms with E-state index in [1.165, 1.54) is 0 Å². The highest BCUT2D eigenvalue weighted by Gasteiger charge is 2.32. The highest BCUT2D eigenvalue weighted by molar-refractivity contribution is 5.88. The van der Waals surface area contributed by atoms with Gasteiger partial charge in [0, 0.05) is 26.1 Å². The third-order valence-electron chi connectivity index (χ3n) is 4.26. The summed E-state index contributed by atoms with van der Waals surface area (Å²) in [7, 11) is 0. The zero-order valence-electron chi connectivity index (χ0n) is 14.7. The minimum Gasteiger partial charge on any atom is -0.465 e. The Morgan fingerprint density at radius 3 is 3.08 bits per heavy atom. The molecule has 1 fully saturated rings. The van der Waals surface area contributed by atoms with Gasteiger partial charge in [0.15, 0.2) is 5.82 Å². The highest BCUT2D eigenvalue weighted by atomic mass is 16.3. The van der Waals surface area contributed by atoms with Gasteiger partial charge in [0.25, 0.3) is 0 Å². The topological polar surface area (TPSA) is 129 Å². The van der Waals surface area contributed by atoms with Crippen LogP contribution in [0.2, 0.25) is 0 Å². The van der Waals surface area contributed by atoms with Gasteiger partial charge in [0.1, 0.15) is 11.5 Å². The third kappa shape index (κ3) is 4.88. The molecule has 0 spiro atoms. The van der Waals surface area contributed by atoms with Gasteiger partial charge in [-0.1, -0.05) is 5.21 Å². The SMILES string of the molecule is Cc1ccc(CN2CCNC(=O)C2CC(=O)NCCCc2nn[nH]n2)o1. The van der Waals surface area contributed by atoms with Crippen molar-refractivity contribution in [2.24, 2.45) is 0 Å². The maximum absolute atomic E-state index is 12.2. The molecule has 3 N–H and O–H groups in total. The molecule has 3 heterocycles. The van der Waals surface area contributed by atoms with E-state index in [-0.39, 0.29) is 18.2 Å². The fourth-order valence-corrected chi connectivity index (χ4v) is 2.95. The predicted octanol–water partition coefficient (Wildman–Crippen LogP) is -0.459. The number of rotatable bonds is 8. The van der Waals surface area contributed by atoms with E-state index in [4.69, 9.17) is 4.42 Å². The average molecular weight is 361 g/mol. The van der Waals surface area contributed by atoms with Crippen LogP contribution >= 0.6 is 0 Å². The number of carbonyl (C=O) groups is 2. The minimum absolute atomic E-state index is 0.119. The largest absolute Gasteiger partial charge is 0.465 e. The van der Waals surface area contributed by atoms with Gasteiger partial charge in [-0.15, -0.1) is 10.2 Å². The van der Waals surface area contributed by atoms with E-state index >= 15 is 0 Å². The number of furan rings is 1. The normalized spacial score (nSPS) is 17.9. The molecule has 2 aromatic heterocycles. The second kappa shape index (κ2) is 8.56. The summed E-state index contributed by atoms with van der Waals surface area (Å²) in [4.78, 5) is 26.4. The quantitative estimate of drug-likeness (QED) is 0.543. The number of tetrazole rings is 1. The van der Waals surface area contributed by atoms with Gasteiger partial charge >= 0.3 is 0 Å². The van der Waals surface area contributed by atoms with Crippen LogP contribution in [0.15, 0.2) is 16.5 Å². The van der Waals surface area contributed by atoms with E-state index in [9.17, 15) is 9.59 Å². The van der Waals surface area contributed by atoms with Crippen LogP contribution in [0.3, 0.4) is 0 Å². The maximum atomic E-state index is 12.2. The monoisotopic (exact) mass is 361 g/mol. The van der Waals surface area contributed by atoms with E-state index in [2.05, 4.69) is 31.3 Å². The van der Waals surface area contributed by atoms with Gasteiger partial charge in [0.05, 0.1) is 19.0 Å². The molecule has 10 heteroatoms. The van der Waals surface area contributed by atoms with E-state index in [0.717, 1.165) is 11.5 Å². The number of hydrogen-bond acceptors (Lipinski definition) is 7. The number of piperazine rings is 1. The Kier molecular flexibility index (Phi) is 5.95. The van der Waals surface area contributed by atoms with Gasteiger partial charge < -0.3 is 15.1 Å². The standard InChI is InChI=1S/C16H23N7O3/c1-11-4-5-12(26-11)10-23-8-7-18-16(25)13(23)9-15(24)17-6-2-3-14-19-21-22-20-14/h4-5,13H,2-3,6-10H2,1H3,(H,17,24)(H,18,25)(H,19,20,21,22). The molecule has 1 aliphatic rings. The molecule has 0 saturated carbocycles. The molecule has 26 heavy (non-hydrogen) atoms. The van der Waals surface area contributed by atoms with E-state index in [1.54, 1.807) is 0 Å². The van der Waals surface area contributed by atoms with Crippen molar-refractivity contribution < 1.29 is 14.0 Å². The Morgan fingerprint density at radius 1 is 1.46 bits per heavy atom. The van der Waals surface area contributed by atoms with Crippen LogP contribution in [-0.4, -0.2) is 63.0 Å². The van der Waals surface area contributed by atoms with E-state index < -0.39 is 6.04 Å². The summed E-state index contributed by atoms with van der Waals surface area (Å²) in [5.41, 5.74) is 0. The summed E-state index contributed by atoms with van der Waals surface area (Å²) in [6, 6.07) is 3.30. The van der Waals surface area contributed by atoms with Crippen molar-refractivity contribution in [3.63, 3.8) is 0 Å². The van der Waals surface area contributed by atoms with E-state index in [1.807, 2.05) is 24.0 Å². The van der Waals surface area contributed by atoms with Gasteiger partial charge in [-0.3, -0.25) is 14.5 Å². The lowest BCUT2D eigenvalue weighted by Gasteiger charge is -2.34. The molecule has 1 unspecified atom stereocenters. The lowest BCUT2D eigenvalue weighted by molar-refractivity contribution is -0.134. The number of aromatic nitrogens is 4. The fraction of sp³-hybridized carbons (Fsp3) is 0.562. The Morgan fingerprint density at radius 2 is 2.35 bits per heavy atom. The Labute approximate surface area is 150 Å². The number of amides is 2. The molecule has 140 valence electrons. The predicted molar refractivity (Wildman–Crippen MR) is 90.8 cm³/mol. The molecule has 10 nitrogen and oxygen atoms in total. The van der Waals surface area contributed by atoms with Crippen LogP contribution in [0.4, 0.5) is 0 Å². The zero-order valence-corrected chi connectivity index (χ0v) is 14.7. The Hall–Kier alpha value is -2.75.